The lowest BCUT2D eigenvalue weighted by Gasteiger charge is -2.48. The number of hydrogen-bond donors (Lipinski definition) is 0. The molecule has 1 aliphatic rings. The van der Waals surface area contributed by atoms with Crippen LogP contribution in [0.15, 0.2) is 66.8 Å². The van der Waals surface area contributed by atoms with E-state index in [0.717, 1.165) is 44.1 Å². The van der Waals surface area contributed by atoms with Crippen molar-refractivity contribution in [2.45, 2.75) is 90.6 Å². The van der Waals surface area contributed by atoms with E-state index in [1.54, 1.807) is 0 Å². The minimum Gasteiger partial charge on any atom is -0.338 e. The van der Waals surface area contributed by atoms with Crippen LogP contribution in [0.2, 0.25) is 0 Å². The lowest BCUT2D eigenvalue weighted by molar-refractivity contribution is -0.298. The molecule has 1 aromatic rings. The average molecular weight is 397 g/mol. The third-order valence-electron chi connectivity index (χ3n) is 6.18. The summed E-state index contributed by atoms with van der Waals surface area (Å²) in [5.41, 5.74) is 1.73. The van der Waals surface area contributed by atoms with Crippen LogP contribution in [0.4, 0.5) is 0 Å². The monoisotopic (exact) mass is 396 g/mol. The topological polar surface area (TPSA) is 18.5 Å². The van der Waals surface area contributed by atoms with Crippen LogP contribution in [0.1, 0.15) is 85.0 Å². The van der Waals surface area contributed by atoms with Gasteiger partial charge in [-0.25, -0.2) is 0 Å². The predicted octanol–water partition coefficient (Wildman–Crippen LogP) is 7.93. The highest BCUT2D eigenvalue weighted by Gasteiger charge is 2.46. The molecule has 0 spiro atoms. The first-order valence-corrected chi connectivity index (χ1v) is 11.3. The van der Waals surface area contributed by atoms with E-state index in [0.29, 0.717) is 5.92 Å². The van der Waals surface area contributed by atoms with Crippen LogP contribution in [0.5, 0.6) is 0 Å². The van der Waals surface area contributed by atoms with Gasteiger partial charge in [-0.2, -0.15) is 0 Å². The highest BCUT2D eigenvalue weighted by Crippen LogP contribution is 2.46. The molecule has 0 saturated carbocycles. The van der Waals surface area contributed by atoms with Crippen molar-refractivity contribution in [3.05, 3.63) is 72.4 Å². The normalized spacial score (nSPS) is 29.1. The second-order valence-electron chi connectivity index (χ2n) is 8.40. The summed E-state index contributed by atoms with van der Waals surface area (Å²) in [6.45, 7) is 15.2. The fourth-order valence-electron chi connectivity index (χ4n) is 4.25. The van der Waals surface area contributed by atoms with Gasteiger partial charge < -0.3 is 9.47 Å². The predicted molar refractivity (Wildman–Crippen MR) is 124 cm³/mol. The minimum absolute atomic E-state index is 0.347. The summed E-state index contributed by atoms with van der Waals surface area (Å²) >= 11 is 0. The van der Waals surface area contributed by atoms with Crippen molar-refractivity contribution in [2.75, 3.05) is 0 Å². The molecule has 0 unspecified atom stereocenters. The van der Waals surface area contributed by atoms with Gasteiger partial charge in [0.25, 0.3) is 0 Å². The van der Waals surface area contributed by atoms with Crippen molar-refractivity contribution < 1.29 is 9.47 Å². The van der Waals surface area contributed by atoms with Gasteiger partial charge >= 0.3 is 0 Å². The van der Waals surface area contributed by atoms with E-state index in [-0.39, 0.29) is 17.5 Å². The molecule has 1 saturated heterocycles. The smallest absolute Gasteiger partial charge is 0.185 e. The van der Waals surface area contributed by atoms with Gasteiger partial charge in [0.05, 0.1) is 11.2 Å². The Morgan fingerprint density at radius 2 is 1.76 bits per heavy atom. The second-order valence-corrected chi connectivity index (χ2v) is 8.40. The Hall–Kier alpha value is -1.64. The molecule has 160 valence electrons. The molecule has 2 heteroatoms. The Bertz CT molecular complexity index is 690. The molecule has 0 radical (unpaired) electrons. The van der Waals surface area contributed by atoms with Gasteiger partial charge in [-0.1, -0.05) is 87.9 Å². The molecule has 1 heterocycles. The largest absolute Gasteiger partial charge is 0.338 e. The minimum atomic E-state index is -0.381. The zero-order valence-electron chi connectivity index (χ0n) is 19.1. The SMILES string of the molecule is C=C[C@@]1(CC)C[C@@](/C=C(\C)C[C@H](/C=C/CC)CC)(CC)O[C@H](c2ccccc2)O1. The molecule has 0 aromatic heterocycles. The van der Waals surface area contributed by atoms with Crippen LogP contribution in [-0.2, 0) is 9.47 Å². The summed E-state index contributed by atoms with van der Waals surface area (Å²) < 4.78 is 13.1. The van der Waals surface area contributed by atoms with Crippen molar-refractivity contribution in [1.82, 2.24) is 0 Å². The van der Waals surface area contributed by atoms with E-state index in [1.807, 2.05) is 24.3 Å². The molecule has 0 bridgehead atoms. The van der Waals surface area contributed by atoms with Crippen molar-refractivity contribution in [3.8, 4) is 0 Å². The summed E-state index contributed by atoms with van der Waals surface area (Å²) in [4.78, 5) is 0. The van der Waals surface area contributed by atoms with E-state index in [2.05, 4.69) is 71.6 Å². The van der Waals surface area contributed by atoms with Gasteiger partial charge in [0.15, 0.2) is 6.29 Å². The fraction of sp³-hybridized carbons (Fsp3) is 0.556. The molecule has 0 aliphatic carbocycles. The van der Waals surface area contributed by atoms with Crippen LogP contribution in [0.25, 0.3) is 0 Å². The summed E-state index contributed by atoms with van der Waals surface area (Å²) in [6.07, 6.45) is 14.6. The van der Waals surface area contributed by atoms with E-state index < -0.39 is 0 Å². The number of hydrogen-bond acceptors (Lipinski definition) is 2. The van der Waals surface area contributed by atoms with Crippen LogP contribution in [0.3, 0.4) is 0 Å². The first-order valence-electron chi connectivity index (χ1n) is 11.3. The van der Waals surface area contributed by atoms with Crippen molar-refractivity contribution in [2.24, 2.45) is 5.92 Å². The summed E-state index contributed by atoms with van der Waals surface area (Å²) in [7, 11) is 0. The molecular weight excluding hydrogens is 356 g/mol. The van der Waals surface area contributed by atoms with Crippen molar-refractivity contribution in [1.29, 1.82) is 0 Å². The molecule has 1 fully saturated rings. The molecule has 2 nitrogen and oxygen atoms in total. The lowest BCUT2D eigenvalue weighted by atomic mass is 9.80. The van der Waals surface area contributed by atoms with Gasteiger partial charge in [0.2, 0.25) is 0 Å². The summed E-state index contributed by atoms with van der Waals surface area (Å²) in [6, 6.07) is 10.3. The highest BCUT2D eigenvalue weighted by atomic mass is 16.7. The maximum Gasteiger partial charge on any atom is 0.185 e. The first-order chi connectivity index (χ1) is 13.9. The average Bonchev–Trinajstić information content (AvgIpc) is 2.76. The standard InChI is InChI=1S/C27H40O2/c1-7-12-16-23(8-2)19-22(6)20-27(11-5)21-26(9-3,10-4)28-25(29-27)24-17-14-13-15-18-24/h9,12-18,20,23,25H,3,7-8,10-11,19,21H2,1-2,4-6H3/b16-12+,22-20+/t23-,25+,26+,27-/m0/s1. The molecule has 1 aromatic carbocycles. The maximum absolute atomic E-state index is 6.67. The van der Waals surface area contributed by atoms with Gasteiger partial charge in [-0.05, 0) is 44.9 Å². The zero-order chi connectivity index (χ0) is 21.3. The highest BCUT2D eigenvalue weighted by molar-refractivity contribution is 5.22. The quantitative estimate of drug-likeness (QED) is 0.374. The van der Waals surface area contributed by atoms with Crippen molar-refractivity contribution in [3.63, 3.8) is 0 Å². The van der Waals surface area contributed by atoms with Crippen molar-refractivity contribution >= 4 is 0 Å². The molecule has 0 N–H and O–H groups in total. The maximum atomic E-state index is 6.67. The summed E-state index contributed by atoms with van der Waals surface area (Å²) in [5, 5.41) is 0. The Morgan fingerprint density at radius 1 is 1.10 bits per heavy atom. The molecule has 29 heavy (non-hydrogen) atoms. The van der Waals surface area contributed by atoms with E-state index >= 15 is 0 Å². The molecule has 1 aliphatic heterocycles. The van der Waals surface area contributed by atoms with Gasteiger partial charge in [0, 0.05) is 12.0 Å². The van der Waals surface area contributed by atoms with Gasteiger partial charge in [-0.15, -0.1) is 6.58 Å². The van der Waals surface area contributed by atoms with Crippen LogP contribution < -0.4 is 0 Å². The molecule has 4 atom stereocenters. The Morgan fingerprint density at radius 3 is 2.31 bits per heavy atom. The first kappa shape index (κ1) is 23.6. The number of rotatable bonds is 10. The lowest BCUT2D eigenvalue weighted by Crippen LogP contribution is -2.49. The third-order valence-corrected chi connectivity index (χ3v) is 6.18. The van der Waals surface area contributed by atoms with Crippen LogP contribution in [0, 0.1) is 5.92 Å². The molecular formula is C27H40O2. The Balaban J connectivity index is 2.36. The number of benzene rings is 1. The van der Waals surface area contributed by atoms with Gasteiger partial charge in [-0.3, -0.25) is 0 Å². The van der Waals surface area contributed by atoms with Gasteiger partial charge in [0.1, 0.15) is 0 Å². The number of allylic oxidation sites excluding steroid dienone is 3. The summed E-state index contributed by atoms with van der Waals surface area (Å²) in [5.74, 6) is 0.584. The zero-order valence-corrected chi connectivity index (χ0v) is 19.1. The third kappa shape index (κ3) is 6.17. The van der Waals surface area contributed by atoms with Crippen LogP contribution in [-0.4, -0.2) is 11.2 Å². The molecule has 0 amide bonds. The Kier molecular flexibility index (Phi) is 8.92. The second kappa shape index (κ2) is 10.9. The number of ether oxygens (including phenoxy) is 2. The fourth-order valence-corrected chi connectivity index (χ4v) is 4.25. The van der Waals surface area contributed by atoms with E-state index in [4.69, 9.17) is 9.47 Å². The van der Waals surface area contributed by atoms with E-state index in [9.17, 15) is 0 Å². The van der Waals surface area contributed by atoms with Crippen LogP contribution >= 0.6 is 0 Å². The Labute approximate surface area is 178 Å². The molecule has 2 rings (SSSR count). The van der Waals surface area contributed by atoms with E-state index in [1.165, 1.54) is 5.57 Å².